The van der Waals surface area contributed by atoms with Gasteiger partial charge >= 0.3 is 0 Å². The first-order valence-electron chi connectivity index (χ1n) is 6.69. The monoisotopic (exact) mass is 279 g/mol. The molecule has 0 saturated heterocycles. The van der Waals surface area contributed by atoms with E-state index in [1.807, 2.05) is 32.0 Å². The lowest BCUT2D eigenvalue weighted by Gasteiger charge is -2.09. The minimum absolute atomic E-state index is 0.109. The minimum Gasteiger partial charge on any atom is -0.376 e. The van der Waals surface area contributed by atoms with E-state index < -0.39 is 0 Å². The molecule has 0 atom stereocenters. The fraction of sp³-hybridized carbons (Fsp3) is 0.176. The molecule has 0 aliphatic carbocycles. The molecule has 0 radical (unpaired) electrons. The number of carbonyl (C=O) groups is 1. The molecular formula is C17H17N3O. The maximum absolute atomic E-state index is 11.9. The zero-order valence-electron chi connectivity index (χ0n) is 12.1. The van der Waals surface area contributed by atoms with E-state index >= 15 is 0 Å². The molecule has 0 bridgehead atoms. The molecule has 0 heterocycles. The van der Waals surface area contributed by atoms with Crippen molar-refractivity contribution in [1.29, 1.82) is 5.26 Å². The summed E-state index contributed by atoms with van der Waals surface area (Å²) >= 11 is 0. The zero-order chi connectivity index (χ0) is 15.2. The van der Waals surface area contributed by atoms with Gasteiger partial charge in [0, 0.05) is 11.4 Å². The van der Waals surface area contributed by atoms with Crippen molar-refractivity contribution in [2.75, 3.05) is 17.2 Å². The molecule has 4 nitrogen and oxygen atoms in total. The van der Waals surface area contributed by atoms with E-state index in [1.54, 1.807) is 24.3 Å². The highest BCUT2D eigenvalue weighted by molar-refractivity contribution is 5.93. The van der Waals surface area contributed by atoms with Crippen molar-refractivity contribution >= 4 is 17.3 Å². The normalized spacial score (nSPS) is 9.76. The summed E-state index contributed by atoms with van der Waals surface area (Å²) in [6, 6.07) is 14.9. The first-order valence-corrected chi connectivity index (χ1v) is 6.69. The largest absolute Gasteiger partial charge is 0.376 e. The topological polar surface area (TPSA) is 64.9 Å². The summed E-state index contributed by atoms with van der Waals surface area (Å²) in [6.45, 7) is 4.23. The molecule has 0 aromatic heterocycles. The van der Waals surface area contributed by atoms with Gasteiger partial charge in [0.15, 0.2) is 0 Å². The maximum atomic E-state index is 11.9. The molecule has 2 aromatic carbocycles. The van der Waals surface area contributed by atoms with Gasteiger partial charge in [0.2, 0.25) is 5.91 Å². The van der Waals surface area contributed by atoms with Crippen LogP contribution in [0.2, 0.25) is 0 Å². The van der Waals surface area contributed by atoms with Gasteiger partial charge in [-0.15, -0.1) is 0 Å². The summed E-state index contributed by atoms with van der Waals surface area (Å²) in [5.41, 5.74) is 4.55. The lowest BCUT2D eigenvalue weighted by Crippen LogP contribution is -2.21. The van der Waals surface area contributed by atoms with Crippen LogP contribution in [0.3, 0.4) is 0 Å². The Morgan fingerprint density at radius 1 is 1.05 bits per heavy atom. The first kappa shape index (κ1) is 14.6. The number of amides is 1. The van der Waals surface area contributed by atoms with Crippen molar-refractivity contribution in [3.63, 3.8) is 0 Å². The van der Waals surface area contributed by atoms with Gasteiger partial charge < -0.3 is 10.6 Å². The maximum Gasteiger partial charge on any atom is 0.243 e. The van der Waals surface area contributed by atoms with Crippen LogP contribution in [0, 0.1) is 25.2 Å². The van der Waals surface area contributed by atoms with Gasteiger partial charge in [0.25, 0.3) is 0 Å². The predicted molar refractivity (Wildman–Crippen MR) is 84.2 cm³/mol. The van der Waals surface area contributed by atoms with Gasteiger partial charge in [0.05, 0.1) is 18.2 Å². The summed E-state index contributed by atoms with van der Waals surface area (Å²) in [4.78, 5) is 11.9. The molecule has 4 heteroatoms. The van der Waals surface area contributed by atoms with Crippen LogP contribution in [-0.4, -0.2) is 12.5 Å². The van der Waals surface area contributed by atoms with Crippen LogP contribution in [0.4, 0.5) is 11.4 Å². The quantitative estimate of drug-likeness (QED) is 0.903. The molecule has 21 heavy (non-hydrogen) atoms. The highest BCUT2D eigenvalue weighted by atomic mass is 16.1. The van der Waals surface area contributed by atoms with Crippen molar-refractivity contribution in [2.24, 2.45) is 0 Å². The molecular weight excluding hydrogens is 262 g/mol. The lowest BCUT2D eigenvalue weighted by molar-refractivity contribution is -0.114. The van der Waals surface area contributed by atoms with Gasteiger partial charge in [-0.3, -0.25) is 4.79 Å². The molecule has 106 valence electrons. The molecule has 0 saturated carbocycles. The lowest BCUT2D eigenvalue weighted by atomic mass is 10.1. The highest BCUT2D eigenvalue weighted by Crippen LogP contribution is 2.14. The number of nitrogens with zero attached hydrogens (tertiary/aromatic N) is 1. The number of nitriles is 1. The number of hydrogen-bond donors (Lipinski definition) is 2. The van der Waals surface area contributed by atoms with Gasteiger partial charge in [-0.1, -0.05) is 6.07 Å². The Morgan fingerprint density at radius 3 is 2.33 bits per heavy atom. The summed E-state index contributed by atoms with van der Waals surface area (Å²) in [5, 5.41) is 14.6. The van der Waals surface area contributed by atoms with Crippen molar-refractivity contribution < 1.29 is 4.79 Å². The number of nitrogens with one attached hydrogen (secondary N) is 2. The number of rotatable bonds is 4. The summed E-state index contributed by atoms with van der Waals surface area (Å²) < 4.78 is 0. The van der Waals surface area contributed by atoms with E-state index in [0.29, 0.717) is 5.56 Å². The Bertz CT molecular complexity index is 684. The summed E-state index contributed by atoms with van der Waals surface area (Å²) in [6.07, 6.45) is 0. The zero-order valence-corrected chi connectivity index (χ0v) is 12.1. The van der Waals surface area contributed by atoms with Crippen molar-refractivity contribution in [3.05, 3.63) is 59.2 Å². The number of benzene rings is 2. The highest BCUT2D eigenvalue weighted by Gasteiger charge is 2.03. The number of hydrogen-bond acceptors (Lipinski definition) is 3. The van der Waals surface area contributed by atoms with Crippen LogP contribution >= 0.6 is 0 Å². The average molecular weight is 279 g/mol. The summed E-state index contributed by atoms with van der Waals surface area (Å²) in [5.74, 6) is -0.109. The fourth-order valence-corrected chi connectivity index (χ4v) is 1.87. The Labute approximate surface area is 124 Å². The van der Waals surface area contributed by atoms with Crippen LogP contribution in [0.5, 0.6) is 0 Å². The average Bonchev–Trinajstić information content (AvgIpc) is 2.49. The van der Waals surface area contributed by atoms with Crippen LogP contribution in [-0.2, 0) is 4.79 Å². The summed E-state index contributed by atoms with van der Waals surface area (Å²) in [7, 11) is 0. The molecule has 2 rings (SSSR count). The van der Waals surface area contributed by atoms with Gasteiger partial charge in [-0.05, 0) is 61.4 Å². The molecule has 0 spiro atoms. The van der Waals surface area contributed by atoms with Gasteiger partial charge in [0.1, 0.15) is 0 Å². The number of carbonyl (C=O) groups excluding carboxylic acids is 1. The molecule has 0 fully saturated rings. The second-order valence-corrected chi connectivity index (χ2v) is 4.89. The Morgan fingerprint density at radius 2 is 1.71 bits per heavy atom. The van der Waals surface area contributed by atoms with Crippen molar-refractivity contribution in [3.8, 4) is 6.07 Å². The van der Waals surface area contributed by atoms with E-state index in [4.69, 9.17) is 5.26 Å². The number of anilines is 2. The first-order chi connectivity index (χ1) is 10.1. The smallest absolute Gasteiger partial charge is 0.243 e. The second kappa shape index (κ2) is 6.58. The molecule has 2 N–H and O–H groups in total. The van der Waals surface area contributed by atoms with Crippen LogP contribution in [0.25, 0.3) is 0 Å². The molecule has 2 aromatic rings. The van der Waals surface area contributed by atoms with Crippen molar-refractivity contribution in [1.82, 2.24) is 0 Å². The third-order valence-corrected chi connectivity index (χ3v) is 3.26. The molecule has 0 unspecified atom stereocenters. The van der Waals surface area contributed by atoms with E-state index in [0.717, 1.165) is 16.9 Å². The molecule has 1 amide bonds. The Balaban J connectivity index is 1.89. The molecule has 0 aliphatic heterocycles. The molecule has 0 aliphatic rings. The van der Waals surface area contributed by atoms with Gasteiger partial charge in [-0.2, -0.15) is 5.26 Å². The van der Waals surface area contributed by atoms with Crippen LogP contribution < -0.4 is 10.6 Å². The fourth-order valence-electron chi connectivity index (χ4n) is 1.87. The Kier molecular flexibility index (Phi) is 4.57. The van der Waals surface area contributed by atoms with Crippen LogP contribution in [0.15, 0.2) is 42.5 Å². The van der Waals surface area contributed by atoms with E-state index in [2.05, 4.69) is 16.7 Å². The number of aryl methyl sites for hydroxylation is 2. The van der Waals surface area contributed by atoms with Crippen LogP contribution in [0.1, 0.15) is 16.7 Å². The van der Waals surface area contributed by atoms with Crippen molar-refractivity contribution in [2.45, 2.75) is 13.8 Å². The third-order valence-electron chi connectivity index (χ3n) is 3.26. The van der Waals surface area contributed by atoms with E-state index in [1.165, 1.54) is 5.56 Å². The van der Waals surface area contributed by atoms with E-state index in [-0.39, 0.29) is 12.5 Å². The second-order valence-electron chi connectivity index (χ2n) is 4.89. The standard InChI is InChI=1S/C17H17N3O/c1-12-3-6-16(9-13(12)2)20-17(21)11-19-15-7-4-14(10-18)5-8-15/h3-9,19H,11H2,1-2H3,(H,20,21). The Hall–Kier alpha value is -2.80. The van der Waals surface area contributed by atoms with E-state index in [9.17, 15) is 4.79 Å². The SMILES string of the molecule is Cc1ccc(NC(=O)CNc2ccc(C#N)cc2)cc1C. The third kappa shape index (κ3) is 4.08. The van der Waals surface area contributed by atoms with Gasteiger partial charge in [-0.25, -0.2) is 0 Å². The predicted octanol–water partition coefficient (Wildman–Crippen LogP) is 3.23. The minimum atomic E-state index is -0.109.